The Labute approximate surface area is 97.2 Å². The number of aromatic carboxylic acids is 1. The van der Waals surface area contributed by atoms with Crippen LogP contribution in [0.3, 0.4) is 0 Å². The van der Waals surface area contributed by atoms with Gasteiger partial charge in [-0.3, -0.25) is 10.1 Å². The molecule has 0 spiro atoms. The quantitative estimate of drug-likeness (QED) is 0.523. The number of carboxylic acid groups (broad SMARTS) is 1. The van der Waals surface area contributed by atoms with Crippen molar-refractivity contribution in [3.8, 4) is 0 Å². The minimum absolute atomic E-state index is 0.218. The molecule has 0 aliphatic rings. The van der Waals surface area contributed by atoms with Crippen LogP contribution in [0.2, 0.25) is 0 Å². The second kappa shape index (κ2) is 4.51. The van der Waals surface area contributed by atoms with Crippen LogP contribution < -0.4 is 0 Å². The summed E-state index contributed by atoms with van der Waals surface area (Å²) in [5, 5.41) is 18.8. The Morgan fingerprint density at radius 2 is 2.20 bits per heavy atom. The van der Waals surface area contributed by atoms with Gasteiger partial charge in [0.05, 0.1) is 11.1 Å². The topological polar surface area (TPSA) is 80.4 Å². The number of halogens is 2. The lowest BCUT2D eigenvalue weighted by Gasteiger charge is -2.03. The van der Waals surface area contributed by atoms with Gasteiger partial charge in [-0.25, -0.2) is 9.18 Å². The fourth-order valence-corrected chi connectivity index (χ4v) is 1.74. The Bertz CT molecular complexity index is 435. The number of hydrogen-bond donors (Lipinski definition) is 1. The molecule has 1 rings (SSSR count). The van der Waals surface area contributed by atoms with Gasteiger partial charge in [-0.2, -0.15) is 0 Å². The van der Waals surface area contributed by atoms with E-state index in [1.165, 1.54) is 6.07 Å². The zero-order chi connectivity index (χ0) is 11.6. The lowest BCUT2D eigenvalue weighted by atomic mass is 10.1. The third-order valence-corrected chi connectivity index (χ3v) is 2.27. The van der Waals surface area contributed by atoms with Gasteiger partial charge in [0.25, 0.3) is 0 Å². The predicted molar refractivity (Wildman–Crippen MR) is 56.8 cm³/mol. The summed E-state index contributed by atoms with van der Waals surface area (Å²) in [6, 6.07) is 2.38. The van der Waals surface area contributed by atoms with Gasteiger partial charge in [-0.15, -0.1) is 0 Å². The summed E-state index contributed by atoms with van der Waals surface area (Å²) in [7, 11) is 0. The van der Waals surface area contributed by atoms with E-state index in [4.69, 9.17) is 5.11 Å². The highest BCUT2D eigenvalue weighted by atomic mass is 127. The highest BCUT2D eigenvalue weighted by molar-refractivity contribution is 14.1. The van der Waals surface area contributed by atoms with Crippen LogP contribution in [0.1, 0.15) is 15.9 Å². The van der Waals surface area contributed by atoms with Crippen LogP contribution in [0.4, 0.5) is 4.39 Å². The molecule has 0 unspecified atom stereocenters. The molecule has 15 heavy (non-hydrogen) atoms. The third kappa shape index (κ3) is 2.85. The Balaban J connectivity index is 3.28. The average Bonchev–Trinajstić information content (AvgIpc) is 2.09. The van der Waals surface area contributed by atoms with Crippen molar-refractivity contribution in [2.45, 2.75) is 6.54 Å². The van der Waals surface area contributed by atoms with Crippen molar-refractivity contribution in [1.82, 2.24) is 0 Å². The maximum absolute atomic E-state index is 13.4. The lowest BCUT2D eigenvalue weighted by Crippen LogP contribution is -2.08. The van der Waals surface area contributed by atoms with Gasteiger partial charge in [-0.05, 0) is 34.7 Å². The molecule has 0 bridgehead atoms. The molecule has 0 aromatic heterocycles. The summed E-state index contributed by atoms with van der Waals surface area (Å²) >= 11 is 1.78. The first kappa shape index (κ1) is 11.8. The monoisotopic (exact) mass is 325 g/mol. The van der Waals surface area contributed by atoms with Crippen molar-refractivity contribution in [3.05, 3.63) is 42.8 Å². The van der Waals surface area contributed by atoms with E-state index in [1.54, 1.807) is 22.6 Å². The average molecular weight is 325 g/mol. The molecule has 0 aliphatic carbocycles. The smallest absolute Gasteiger partial charge is 0.338 e. The molecule has 1 aromatic carbocycles. The SMILES string of the molecule is O=C(O)c1cc(I)cc(C[N+](=O)[O-])c1F. The van der Waals surface area contributed by atoms with Crippen LogP contribution in [0.15, 0.2) is 12.1 Å². The maximum Gasteiger partial charge on any atom is 0.338 e. The van der Waals surface area contributed by atoms with Crippen molar-refractivity contribution < 1.29 is 19.2 Å². The van der Waals surface area contributed by atoms with E-state index < -0.39 is 28.8 Å². The molecule has 0 fully saturated rings. The second-order valence-electron chi connectivity index (χ2n) is 2.72. The number of rotatable bonds is 3. The van der Waals surface area contributed by atoms with Gasteiger partial charge >= 0.3 is 5.97 Å². The minimum Gasteiger partial charge on any atom is -0.478 e. The first-order valence-electron chi connectivity index (χ1n) is 3.75. The standard InChI is InChI=1S/C8H5FINO4/c9-7-4(3-11(14)15)1-5(10)2-6(7)8(12)13/h1-2H,3H2,(H,12,13). The van der Waals surface area contributed by atoms with E-state index >= 15 is 0 Å². The normalized spacial score (nSPS) is 10.0. The van der Waals surface area contributed by atoms with Crippen LogP contribution in [0, 0.1) is 19.5 Å². The summed E-state index contributed by atoms with van der Waals surface area (Å²) in [5.74, 6) is -2.48. The van der Waals surface area contributed by atoms with E-state index in [1.807, 2.05) is 0 Å². The first-order valence-corrected chi connectivity index (χ1v) is 4.82. The second-order valence-corrected chi connectivity index (χ2v) is 3.97. The number of carbonyl (C=O) groups is 1. The van der Waals surface area contributed by atoms with Crippen LogP contribution in [-0.4, -0.2) is 16.0 Å². The fraction of sp³-hybridized carbons (Fsp3) is 0.125. The van der Waals surface area contributed by atoms with Crippen molar-refractivity contribution in [2.75, 3.05) is 0 Å². The van der Waals surface area contributed by atoms with Crippen LogP contribution >= 0.6 is 22.6 Å². The lowest BCUT2D eigenvalue weighted by molar-refractivity contribution is -0.497. The molecule has 0 radical (unpaired) electrons. The fourth-order valence-electron chi connectivity index (χ4n) is 1.06. The summed E-state index contributed by atoms with van der Waals surface area (Å²) in [6.07, 6.45) is 0. The molecule has 0 saturated heterocycles. The summed E-state index contributed by atoms with van der Waals surface area (Å²) in [4.78, 5) is 20.1. The number of nitro groups is 1. The number of benzene rings is 1. The predicted octanol–water partition coefficient (Wildman–Crippen LogP) is 1.91. The molecular weight excluding hydrogens is 320 g/mol. The molecule has 0 atom stereocenters. The van der Waals surface area contributed by atoms with Gasteiger partial charge < -0.3 is 5.11 Å². The minimum atomic E-state index is -1.43. The summed E-state index contributed by atoms with van der Waals surface area (Å²) in [5.41, 5.74) is -0.761. The number of hydrogen-bond acceptors (Lipinski definition) is 3. The van der Waals surface area contributed by atoms with Crippen molar-refractivity contribution in [3.63, 3.8) is 0 Å². The van der Waals surface area contributed by atoms with Crippen LogP contribution in [0.25, 0.3) is 0 Å². The third-order valence-electron chi connectivity index (χ3n) is 1.64. The molecule has 0 heterocycles. The number of carboxylic acids is 1. The zero-order valence-electron chi connectivity index (χ0n) is 7.24. The molecule has 5 nitrogen and oxygen atoms in total. The van der Waals surface area contributed by atoms with E-state index in [0.717, 1.165) is 6.07 Å². The molecule has 1 aromatic rings. The van der Waals surface area contributed by atoms with Crippen LogP contribution in [-0.2, 0) is 6.54 Å². The molecule has 0 saturated carbocycles. The van der Waals surface area contributed by atoms with Crippen molar-refractivity contribution >= 4 is 28.6 Å². The molecule has 0 amide bonds. The van der Waals surface area contributed by atoms with Gasteiger partial charge in [0.1, 0.15) is 5.82 Å². The highest BCUT2D eigenvalue weighted by Gasteiger charge is 2.18. The van der Waals surface area contributed by atoms with Gasteiger partial charge in [0.15, 0.2) is 0 Å². The highest BCUT2D eigenvalue weighted by Crippen LogP contribution is 2.18. The van der Waals surface area contributed by atoms with E-state index in [0.29, 0.717) is 3.57 Å². The largest absolute Gasteiger partial charge is 0.478 e. The molecular formula is C8H5FINO4. The number of nitrogens with zero attached hydrogens (tertiary/aromatic N) is 1. The summed E-state index contributed by atoms with van der Waals surface area (Å²) < 4.78 is 13.8. The first-order chi connectivity index (χ1) is 6.91. The van der Waals surface area contributed by atoms with E-state index in [-0.39, 0.29) is 5.56 Å². The Kier molecular flexibility index (Phi) is 3.56. The zero-order valence-corrected chi connectivity index (χ0v) is 9.39. The Morgan fingerprint density at radius 3 is 2.67 bits per heavy atom. The van der Waals surface area contributed by atoms with E-state index in [9.17, 15) is 19.3 Å². The van der Waals surface area contributed by atoms with Gasteiger partial charge in [-0.1, -0.05) is 0 Å². The molecule has 80 valence electrons. The Morgan fingerprint density at radius 1 is 1.60 bits per heavy atom. The van der Waals surface area contributed by atoms with E-state index in [2.05, 4.69) is 0 Å². The molecule has 1 N–H and O–H groups in total. The molecule has 0 aliphatic heterocycles. The summed E-state index contributed by atoms with van der Waals surface area (Å²) in [6.45, 7) is -0.719. The van der Waals surface area contributed by atoms with Crippen LogP contribution in [0.5, 0.6) is 0 Å². The van der Waals surface area contributed by atoms with Crippen molar-refractivity contribution in [2.24, 2.45) is 0 Å². The maximum atomic E-state index is 13.4. The molecule has 7 heteroatoms. The van der Waals surface area contributed by atoms with Gasteiger partial charge in [0.2, 0.25) is 6.54 Å². The van der Waals surface area contributed by atoms with Crippen molar-refractivity contribution in [1.29, 1.82) is 0 Å². The van der Waals surface area contributed by atoms with Gasteiger partial charge in [0, 0.05) is 8.49 Å². The Hall–Kier alpha value is -1.25.